The summed E-state index contributed by atoms with van der Waals surface area (Å²) in [4.78, 5) is 31.4. The number of aromatic amines is 1. The zero-order valence-electron chi connectivity index (χ0n) is 10.1. The van der Waals surface area contributed by atoms with Crippen LogP contribution in [0.2, 0.25) is 0 Å². The average Bonchev–Trinajstić information content (AvgIpc) is 2.41. The summed E-state index contributed by atoms with van der Waals surface area (Å²) in [5.41, 5.74) is 1.40. The normalized spacial score (nSPS) is 14.2. The summed E-state index contributed by atoms with van der Waals surface area (Å²) < 4.78 is 1.82. The van der Waals surface area contributed by atoms with Crippen molar-refractivity contribution < 1.29 is 0 Å². The van der Waals surface area contributed by atoms with E-state index in [-0.39, 0.29) is 5.56 Å². The van der Waals surface area contributed by atoms with Crippen molar-refractivity contribution in [1.29, 1.82) is 0 Å². The molecule has 1 aliphatic rings. The molecular weight excluding hydrogens is 310 g/mol. The Morgan fingerprint density at radius 2 is 2.00 bits per heavy atom. The zero-order chi connectivity index (χ0) is 13.4. The fraction of sp³-hybridized carbons (Fsp3) is 0.308. The van der Waals surface area contributed by atoms with Crippen molar-refractivity contribution in [1.82, 2.24) is 14.5 Å². The molecule has 0 atom stereocenters. The predicted octanol–water partition coefficient (Wildman–Crippen LogP) is 1.56. The Morgan fingerprint density at radius 3 is 2.74 bits per heavy atom. The molecule has 0 fully saturated rings. The minimum atomic E-state index is -0.394. The van der Waals surface area contributed by atoms with Crippen molar-refractivity contribution in [3.8, 4) is 5.69 Å². The van der Waals surface area contributed by atoms with Crippen LogP contribution in [0.1, 0.15) is 24.1 Å². The highest BCUT2D eigenvalue weighted by Gasteiger charge is 2.17. The van der Waals surface area contributed by atoms with E-state index in [9.17, 15) is 9.59 Å². The van der Waals surface area contributed by atoms with Crippen LogP contribution in [0.5, 0.6) is 0 Å². The van der Waals surface area contributed by atoms with E-state index in [1.54, 1.807) is 12.1 Å². The summed E-state index contributed by atoms with van der Waals surface area (Å²) in [6.45, 7) is 0. The van der Waals surface area contributed by atoms with Crippen molar-refractivity contribution in [3.63, 3.8) is 0 Å². The summed E-state index contributed by atoms with van der Waals surface area (Å²) >= 11 is 3.23. The third kappa shape index (κ3) is 2.16. The number of aromatic nitrogens is 3. The molecule has 19 heavy (non-hydrogen) atoms. The summed E-state index contributed by atoms with van der Waals surface area (Å²) in [5, 5.41) is 0. The molecule has 0 aromatic carbocycles. The lowest BCUT2D eigenvalue weighted by Crippen LogP contribution is -2.38. The van der Waals surface area contributed by atoms with E-state index in [1.807, 2.05) is 0 Å². The second-order valence-electron chi connectivity index (χ2n) is 4.57. The number of fused-ring (bicyclic) bond motifs is 1. The second-order valence-corrected chi connectivity index (χ2v) is 5.39. The van der Waals surface area contributed by atoms with Gasteiger partial charge in [-0.3, -0.25) is 4.79 Å². The smallest absolute Gasteiger partial charge is 0.310 e. The number of hydrogen-bond donors (Lipinski definition) is 1. The number of rotatable bonds is 1. The molecule has 2 aromatic heterocycles. The van der Waals surface area contributed by atoms with Gasteiger partial charge in [-0.2, -0.15) is 0 Å². The third-order valence-electron chi connectivity index (χ3n) is 3.36. The molecule has 5 nitrogen and oxygen atoms in total. The number of H-pyrrole nitrogens is 1. The first-order chi connectivity index (χ1) is 9.16. The maximum absolute atomic E-state index is 12.4. The molecule has 3 rings (SSSR count). The van der Waals surface area contributed by atoms with Gasteiger partial charge in [-0.25, -0.2) is 14.3 Å². The molecule has 2 heterocycles. The third-order valence-corrected chi connectivity index (χ3v) is 3.83. The van der Waals surface area contributed by atoms with Crippen molar-refractivity contribution in [2.75, 3.05) is 0 Å². The first-order valence-electron chi connectivity index (χ1n) is 6.16. The molecule has 0 radical (unpaired) electrons. The van der Waals surface area contributed by atoms with Gasteiger partial charge in [0.25, 0.3) is 5.56 Å². The maximum atomic E-state index is 12.4. The number of nitrogens with one attached hydrogen (secondary N) is 1. The maximum Gasteiger partial charge on any atom is 0.333 e. The van der Waals surface area contributed by atoms with Gasteiger partial charge in [0.1, 0.15) is 4.60 Å². The molecule has 6 heteroatoms. The van der Waals surface area contributed by atoms with E-state index < -0.39 is 5.69 Å². The van der Waals surface area contributed by atoms with Crippen molar-refractivity contribution in [3.05, 3.63) is 55.0 Å². The van der Waals surface area contributed by atoms with E-state index in [0.29, 0.717) is 10.3 Å². The second kappa shape index (κ2) is 4.77. The van der Waals surface area contributed by atoms with Gasteiger partial charge in [0.05, 0.1) is 11.9 Å². The van der Waals surface area contributed by atoms with Crippen LogP contribution in [0, 0.1) is 0 Å². The summed E-state index contributed by atoms with van der Waals surface area (Å²) in [6, 6.07) is 3.41. The summed E-state index contributed by atoms with van der Waals surface area (Å²) in [5.74, 6) is 0. The fourth-order valence-corrected chi connectivity index (χ4v) is 2.66. The predicted molar refractivity (Wildman–Crippen MR) is 74.8 cm³/mol. The molecule has 98 valence electrons. The van der Waals surface area contributed by atoms with Crippen LogP contribution in [-0.2, 0) is 12.8 Å². The van der Waals surface area contributed by atoms with E-state index in [2.05, 4.69) is 25.9 Å². The van der Waals surface area contributed by atoms with E-state index in [1.165, 1.54) is 6.20 Å². The first-order valence-corrected chi connectivity index (χ1v) is 6.95. The standard InChI is InChI=1S/C13H12BrN3O2/c14-11-6-5-8(7-15-11)17-12(18)9-3-1-2-4-10(9)16-13(17)19/h5-7H,1-4H2,(H,16,19). The number of aryl methyl sites for hydroxylation is 1. The highest BCUT2D eigenvalue weighted by Crippen LogP contribution is 2.15. The Hall–Kier alpha value is -1.69. The van der Waals surface area contributed by atoms with Gasteiger partial charge >= 0.3 is 5.69 Å². The molecular formula is C13H12BrN3O2. The molecule has 2 aromatic rings. The number of nitrogens with zero attached hydrogens (tertiary/aromatic N) is 2. The molecule has 0 saturated heterocycles. The zero-order valence-corrected chi connectivity index (χ0v) is 11.7. The van der Waals surface area contributed by atoms with Gasteiger partial charge < -0.3 is 4.98 Å². The van der Waals surface area contributed by atoms with Gasteiger partial charge in [-0.15, -0.1) is 0 Å². The van der Waals surface area contributed by atoms with Gasteiger partial charge in [0, 0.05) is 11.3 Å². The Bertz CT molecular complexity index is 731. The molecule has 0 amide bonds. The van der Waals surface area contributed by atoms with Crippen LogP contribution in [0.3, 0.4) is 0 Å². The number of pyridine rings is 1. The van der Waals surface area contributed by atoms with Gasteiger partial charge in [-0.1, -0.05) is 0 Å². The van der Waals surface area contributed by atoms with Crippen LogP contribution in [0.25, 0.3) is 5.69 Å². The van der Waals surface area contributed by atoms with E-state index in [4.69, 9.17) is 0 Å². The van der Waals surface area contributed by atoms with Crippen LogP contribution < -0.4 is 11.2 Å². The van der Waals surface area contributed by atoms with Crippen molar-refractivity contribution >= 4 is 15.9 Å². The Balaban J connectivity index is 2.24. The molecule has 0 spiro atoms. The lowest BCUT2D eigenvalue weighted by molar-refractivity contribution is 0.639. The minimum absolute atomic E-state index is 0.220. The first kappa shape index (κ1) is 12.3. The van der Waals surface area contributed by atoms with Gasteiger partial charge in [-0.05, 0) is 53.7 Å². The quantitative estimate of drug-likeness (QED) is 0.810. The van der Waals surface area contributed by atoms with Crippen LogP contribution in [0.4, 0.5) is 0 Å². The van der Waals surface area contributed by atoms with Crippen LogP contribution in [0.15, 0.2) is 32.5 Å². The largest absolute Gasteiger partial charge is 0.333 e. The Morgan fingerprint density at radius 1 is 1.21 bits per heavy atom. The van der Waals surface area contributed by atoms with Gasteiger partial charge in [0.2, 0.25) is 0 Å². The molecule has 0 aliphatic heterocycles. The van der Waals surface area contributed by atoms with Crippen molar-refractivity contribution in [2.24, 2.45) is 0 Å². The number of halogens is 1. The lowest BCUT2D eigenvalue weighted by atomic mass is 9.97. The highest BCUT2D eigenvalue weighted by molar-refractivity contribution is 9.10. The van der Waals surface area contributed by atoms with E-state index in [0.717, 1.165) is 41.5 Å². The summed E-state index contributed by atoms with van der Waals surface area (Å²) in [7, 11) is 0. The Kier molecular flexibility index (Phi) is 3.10. The van der Waals surface area contributed by atoms with Gasteiger partial charge in [0.15, 0.2) is 0 Å². The topological polar surface area (TPSA) is 67.8 Å². The monoisotopic (exact) mass is 321 g/mol. The summed E-state index contributed by atoms with van der Waals surface area (Å²) in [6.07, 6.45) is 5.03. The molecule has 1 aliphatic carbocycles. The Labute approximate surface area is 117 Å². The van der Waals surface area contributed by atoms with Crippen LogP contribution in [-0.4, -0.2) is 14.5 Å². The SMILES string of the molecule is O=c1[nH]c2c(c(=O)n1-c1ccc(Br)nc1)CCCC2. The molecule has 0 saturated carbocycles. The molecule has 1 N–H and O–H groups in total. The lowest BCUT2D eigenvalue weighted by Gasteiger charge is -2.16. The number of hydrogen-bond acceptors (Lipinski definition) is 3. The molecule has 0 bridgehead atoms. The van der Waals surface area contributed by atoms with E-state index >= 15 is 0 Å². The fourth-order valence-electron chi connectivity index (χ4n) is 2.43. The molecule has 0 unspecified atom stereocenters. The van der Waals surface area contributed by atoms with Crippen LogP contribution >= 0.6 is 15.9 Å². The highest BCUT2D eigenvalue weighted by atomic mass is 79.9. The average molecular weight is 322 g/mol. The minimum Gasteiger partial charge on any atom is -0.310 e. The van der Waals surface area contributed by atoms with Crippen molar-refractivity contribution in [2.45, 2.75) is 25.7 Å².